The van der Waals surface area contributed by atoms with Crippen LogP contribution in [-0.4, -0.2) is 76.9 Å². The summed E-state index contributed by atoms with van der Waals surface area (Å²) in [4.78, 5) is 31.7. The first-order chi connectivity index (χ1) is 15.0. The zero-order chi connectivity index (χ0) is 21.8. The van der Waals surface area contributed by atoms with Crippen LogP contribution in [0.4, 0.5) is 0 Å². The average Bonchev–Trinajstić information content (AvgIpc) is 2.98. The Morgan fingerprint density at radius 3 is 1.87 bits per heavy atom. The van der Waals surface area contributed by atoms with Crippen molar-refractivity contribution in [3.63, 3.8) is 0 Å². The molecule has 6 heteroatoms. The molecule has 2 aliphatic heterocycles. The summed E-state index contributed by atoms with van der Waals surface area (Å²) in [5.74, 6) is 0.318. The van der Waals surface area contributed by atoms with Gasteiger partial charge in [-0.2, -0.15) is 0 Å². The number of carbonyl (C=O) groups excluding carboxylic acids is 2. The number of likely N-dealkylation sites (tertiary alicyclic amines) is 1. The molecular formula is C25H34N4O2. The largest absolute Gasteiger partial charge is 0.342 e. The van der Waals surface area contributed by atoms with Gasteiger partial charge in [0.15, 0.2) is 0 Å². The monoisotopic (exact) mass is 422 g/mol. The number of nitrogens with zero attached hydrogens (tertiary/aromatic N) is 4. The Balaban J connectivity index is 1.30. The summed E-state index contributed by atoms with van der Waals surface area (Å²) in [6.45, 7) is 9.30. The smallest absolute Gasteiger partial charge is 0.253 e. The van der Waals surface area contributed by atoms with Crippen LogP contribution in [0.2, 0.25) is 0 Å². The van der Waals surface area contributed by atoms with Crippen molar-refractivity contribution >= 4 is 11.8 Å². The number of hydrogen-bond acceptors (Lipinski definition) is 3. The van der Waals surface area contributed by atoms with Crippen LogP contribution in [0.5, 0.6) is 0 Å². The van der Waals surface area contributed by atoms with Gasteiger partial charge in [0, 0.05) is 61.9 Å². The third-order valence-corrected chi connectivity index (χ3v) is 6.62. The molecule has 1 aromatic carbocycles. The minimum absolute atomic E-state index is 0.0750. The molecule has 2 fully saturated rings. The van der Waals surface area contributed by atoms with Crippen LogP contribution in [-0.2, 0) is 4.79 Å². The van der Waals surface area contributed by atoms with Crippen molar-refractivity contribution < 1.29 is 9.59 Å². The number of carbonyl (C=O) groups is 2. The van der Waals surface area contributed by atoms with Gasteiger partial charge in [-0.05, 0) is 63.1 Å². The minimum Gasteiger partial charge on any atom is -0.342 e. The number of piperazine rings is 1. The molecule has 31 heavy (non-hydrogen) atoms. The van der Waals surface area contributed by atoms with Crippen molar-refractivity contribution in [3.8, 4) is 5.69 Å². The molecule has 0 spiro atoms. The highest BCUT2D eigenvalue weighted by atomic mass is 16.2. The minimum atomic E-state index is 0.0750. The summed E-state index contributed by atoms with van der Waals surface area (Å²) in [5, 5.41) is 0. The van der Waals surface area contributed by atoms with E-state index in [2.05, 4.69) is 35.4 Å². The van der Waals surface area contributed by atoms with E-state index in [-0.39, 0.29) is 11.8 Å². The Labute approximate surface area is 185 Å². The van der Waals surface area contributed by atoms with E-state index >= 15 is 0 Å². The Kier molecular flexibility index (Phi) is 6.76. The first kappa shape index (κ1) is 21.6. The van der Waals surface area contributed by atoms with Crippen LogP contribution in [0.15, 0.2) is 36.4 Å². The predicted molar refractivity (Wildman–Crippen MR) is 123 cm³/mol. The topological polar surface area (TPSA) is 48.8 Å². The van der Waals surface area contributed by atoms with E-state index in [4.69, 9.17) is 0 Å². The molecule has 0 radical (unpaired) electrons. The second-order valence-electron chi connectivity index (χ2n) is 8.86. The fourth-order valence-corrected chi connectivity index (χ4v) is 4.73. The molecule has 0 atom stereocenters. The molecule has 2 aromatic rings. The fraction of sp³-hybridized carbons (Fsp3) is 0.520. The van der Waals surface area contributed by atoms with Gasteiger partial charge in [0.25, 0.3) is 5.91 Å². The summed E-state index contributed by atoms with van der Waals surface area (Å²) in [5.41, 5.74) is 4.17. The Morgan fingerprint density at radius 2 is 1.29 bits per heavy atom. The number of amides is 2. The summed E-state index contributed by atoms with van der Waals surface area (Å²) in [6, 6.07) is 12.1. The van der Waals surface area contributed by atoms with Crippen LogP contribution >= 0.6 is 0 Å². The molecule has 2 amide bonds. The van der Waals surface area contributed by atoms with E-state index in [9.17, 15) is 9.59 Å². The van der Waals surface area contributed by atoms with Gasteiger partial charge < -0.3 is 14.4 Å². The Hall–Kier alpha value is -2.60. The van der Waals surface area contributed by atoms with Crippen LogP contribution in [0, 0.1) is 13.8 Å². The molecule has 0 saturated carbocycles. The standard InChI is InChI=1S/C25H34N4O2/c1-20-7-8-21(2)29(20)23-11-9-22(10-12-23)25(31)28-17-15-26(16-18-28)19-24(30)27-13-5-3-4-6-14-27/h7-12H,3-6,13-19H2,1-2H3. The Bertz CT molecular complexity index is 883. The molecule has 2 saturated heterocycles. The number of rotatable bonds is 4. The highest BCUT2D eigenvalue weighted by molar-refractivity contribution is 5.94. The maximum Gasteiger partial charge on any atom is 0.253 e. The van der Waals surface area contributed by atoms with E-state index < -0.39 is 0 Å². The van der Waals surface area contributed by atoms with E-state index in [1.165, 1.54) is 24.2 Å². The van der Waals surface area contributed by atoms with Crippen LogP contribution in [0.1, 0.15) is 47.4 Å². The first-order valence-corrected chi connectivity index (χ1v) is 11.6. The molecule has 0 bridgehead atoms. The third-order valence-electron chi connectivity index (χ3n) is 6.62. The highest BCUT2D eigenvalue weighted by Gasteiger charge is 2.25. The third kappa shape index (κ3) is 5.01. The lowest BCUT2D eigenvalue weighted by molar-refractivity contribution is -0.132. The van der Waals surface area contributed by atoms with Crippen molar-refractivity contribution in [1.29, 1.82) is 0 Å². The van der Waals surface area contributed by atoms with Crippen molar-refractivity contribution in [1.82, 2.24) is 19.3 Å². The second-order valence-corrected chi connectivity index (χ2v) is 8.86. The van der Waals surface area contributed by atoms with E-state index in [0.717, 1.165) is 50.3 Å². The maximum absolute atomic E-state index is 13.0. The summed E-state index contributed by atoms with van der Waals surface area (Å²) in [7, 11) is 0. The number of benzene rings is 1. The normalized spacial score (nSPS) is 18.1. The zero-order valence-corrected chi connectivity index (χ0v) is 18.8. The highest BCUT2D eigenvalue weighted by Crippen LogP contribution is 2.18. The van der Waals surface area contributed by atoms with Gasteiger partial charge in [-0.25, -0.2) is 0 Å². The number of hydrogen-bond donors (Lipinski definition) is 0. The average molecular weight is 423 g/mol. The fourth-order valence-electron chi connectivity index (χ4n) is 4.73. The van der Waals surface area contributed by atoms with Gasteiger partial charge in [-0.1, -0.05) is 12.8 Å². The molecular weight excluding hydrogens is 388 g/mol. The number of aromatic nitrogens is 1. The van der Waals surface area contributed by atoms with Gasteiger partial charge >= 0.3 is 0 Å². The molecule has 4 rings (SSSR count). The first-order valence-electron chi connectivity index (χ1n) is 11.6. The van der Waals surface area contributed by atoms with E-state index in [1.54, 1.807) is 0 Å². The summed E-state index contributed by atoms with van der Waals surface area (Å²) >= 11 is 0. The molecule has 2 aliphatic rings. The predicted octanol–water partition coefficient (Wildman–Crippen LogP) is 3.25. The van der Waals surface area contributed by atoms with Crippen molar-refractivity contribution in [2.45, 2.75) is 39.5 Å². The molecule has 6 nitrogen and oxygen atoms in total. The summed E-state index contributed by atoms with van der Waals surface area (Å²) < 4.78 is 2.19. The quantitative estimate of drug-likeness (QED) is 0.760. The SMILES string of the molecule is Cc1ccc(C)n1-c1ccc(C(=O)N2CCN(CC(=O)N3CCCCCC3)CC2)cc1. The van der Waals surface area contributed by atoms with Gasteiger partial charge in [0.2, 0.25) is 5.91 Å². The molecule has 166 valence electrons. The van der Waals surface area contributed by atoms with E-state index in [1.807, 2.05) is 34.1 Å². The molecule has 0 N–H and O–H groups in total. The molecule has 1 aromatic heterocycles. The van der Waals surface area contributed by atoms with Gasteiger partial charge in [0.1, 0.15) is 0 Å². The molecule has 0 aliphatic carbocycles. The van der Waals surface area contributed by atoms with Crippen LogP contribution in [0.3, 0.4) is 0 Å². The molecule has 0 unspecified atom stereocenters. The van der Waals surface area contributed by atoms with Crippen LogP contribution in [0.25, 0.3) is 5.69 Å². The Morgan fingerprint density at radius 1 is 0.710 bits per heavy atom. The van der Waals surface area contributed by atoms with Crippen molar-refractivity contribution in [2.24, 2.45) is 0 Å². The van der Waals surface area contributed by atoms with Gasteiger partial charge in [-0.3, -0.25) is 14.5 Å². The summed E-state index contributed by atoms with van der Waals surface area (Å²) in [6.07, 6.45) is 4.71. The zero-order valence-electron chi connectivity index (χ0n) is 18.8. The van der Waals surface area contributed by atoms with E-state index in [0.29, 0.717) is 19.6 Å². The van der Waals surface area contributed by atoms with Gasteiger partial charge in [-0.15, -0.1) is 0 Å². The van der Waals surface area contributed by atoms with Crippen molar-refractivity contribution in [2.75, 3.05) is 45.8 Å². The van der Waals surface area contributed by atoms with Crippen LogP contribution < -0.4 is 0 Å². The number of aryl methyl sites for hydroxylation is 2. The lowest BCUT2D eigenvalue weighted by Crippen LogP contribution is -2.51. The van der Waals surface area contributed by atoms with Gasteiger partial charge in [0.05, 0.1) is 6.54 Å². The second kappa shape index (κ2) is 9.69. The van der Waals surface area contributed by atoms with Crippen molar-refractivity contribution in [3.05, 3.63) is 53.3 Å². The lowest BCUT2D eigenvalue weighted by atomic mass is 10.1. The maximum atomic E-state index is 13.0. The molecule has 3 heterocycles. The lowest BCUT2D eigenvalue weighted by Gasteiger charge is -2.35.